The Labute approximate surface area is 166 Å². The molecule has 0 saturated heterocycles. The lowest BCUT2D eigenvalue weighted by Crippen LogP contribution is -2.23. The third-order valence-electron chi connectivity index (χ3n) is 3.78. The molecule has 3 N–H and O–H groups in total. The minimum absolute atomic E-state index is 0.202. The molecule has 8 nitrogen and oxygen atoms in total. The van der Waals surface area contributed by atoms with Crippen molar-refractivity contribution in [3.05, 3.63) is 29.0 Å². The number of carbonyl (C=O) groups excluding carboxylic acids is 2. The first kappa shape index (κ1) is 21.0. The van der Waals surface area contributed by atoms with Crippen LogP contribution in [-0.2, 0) is 22.6 Å². The van der Waals surface area contributed by atoms with Gasteiger partial charge in [0.2, 0.25) is 11.8 Å². The molecule has 2 rings (SSSR count). The fourth-order valence-corrected chi connectivity index (χ4v) is 3.47. The lowest BCUT2D eigenvalue weighted by molar-refractivity contribution is -0.118. The van der Waals surface area contributed by atoms with E-state index in [1.807, 2.05) is 11.5 Å². The molecule has 1 atom stereocenters. The van der Waals surface area contributed by atoms with E-state index in [0.29, 0.717) is 40.4 Å². The van der Waals surface area contributed by atoms with Gasteiger partial charge in [0.15, 0.2) is 5.16 Å². The van der Waals surface area contributed by atoms with Crippen molar-refractivity contribution < 1.29 is 14.3 Å². The zero-order chi connectivity index (χ0) is 20.0. The average molecular weight is 412 g/mol. The van der Waals surface area contributed by atoms with Crippen LogP contribution in [0.5, 0.6) is 5.75 Å². The van der Waals surface area contributed by atoms with E-state index in [0.717, 1.165) is 0 Å². The first-order valence-corrected chi connectivity index (χ1v) is 9.62. The average Bonchev–Trinajstić information content (AvgIpc) is 3.01. The van der Waals surface area contributed by atoms with Gasteiger partial charge in [-0.3, -0.25) is 9.59 Å². The zero-order valence-electron chi connectivity index (χ0n) is 15.4. The normalized spacial score (nSPS) is 11.9. The maximum atomic E-state index is 12.6. The largest absolute Gasteiger partial charge is 0.495 e. The molecule has 0 aliphatic heterocycles. The quantitative estimate of drug-likeness (QED) is 0.613. The SMILES string of the molecule is CCn1c(CCC(N)=O)nnc1S[C@H](C)C(=O)Nc1cc(Cl)ccc1OC. The number of carbonyl (C=O) groups is 2. The van der Waals surface area contributed by atoms with Gasteiger partial charge in [0.05, 0.1) is 18.0 Å². The number of primary amides is 1. The van der Waals surface area contributed by atoms with Crippen molar-refractivity contribution in [3.8, 4) is 5.75 Å². The number of nitrogens with zero attached hydrogens (tertiary/aromatic N) is 3. The molecule has 10 heteroatoms. The highest BCUT2D eigenvalue weighted by Gasteiger charge is 2.21. The van der Waals surface area contributed by atoms with Crippen LogP contribution in [0.15, 0.2) is 23.4 Å². The highest BCUT2D eigenvalue weighted by atomic mass is 35.5. The van der Waals surface area contributed by atoms with E-state index >= 15 is 0 Å². The Morgan fingerprint density at radius 3 is 2.78 bits per heavy atom. The molecule has 2 aromatic rings. The number of nitrogens with two attached hydrogens (primary N) is 1. The molecule has 0 unspecified atom stereocenters. The van der Waals surface area contributed by atoms with Crippen LogP contribution in [0.1, 0.15) is 26.1 Å². The number of rotatable bonds is 9. The summed E-state index contributed by atoms with van der Waals surface area (Å²) in [6, 6.07) is 5.01. The third-order valence-corrected chi connectivity index (χ3v) is 5.09. The maximum Gasteiger partial charge on any atom is 0.237 e. The van der Waals surface area contributed by atoms with Gasteiger partial charge in [0, 0.05) is 24.4 Å². The van der Waals surface area contributed by atoms with Gasteiger partial charge in [-0.1, -0.05) is 23.4 Å². The van der Waals surface area contributed by atoms with E-state index in [2.05, 4.69) is 15.5 Å². The Morgan fingerprint density at radius 2 is 2.15 bits per heavy atom. The van der Waals surface area contributed by atoms with Crippen LogP contribution in [0.3, 0.4) is 0 Å². The third kappa shape index (κ3) is 5.61. The van der Waals surface area contributed by atoms with E-state index < -0.39 is 11.2 Å². The van der Waals surface area contributed by atoms with Crippen molar-refractivity contribution in [2.24, 2.45) is 5.73 Å². The van der Waals surface area contributed by atoms with Crippen molar-refractivity contribution >= 4 is 40.9 Å². The maximum absolute atomic E-state index is 12.6. The summed E-state index contributed by atoms with van der Waals surface area (Å²) in [6.07, 6.45) is 0.616. The first-order chi connectivity index (χ1) is 12.8. The number of benzene rings is 1. The Bertz CT molecular complexity index is 827. The first-order valence-electron chi connectivity index (χ1n) is 8.37. The number of hydrogen-bond donors (Lipinski definition) is 2. The molecule has 0 fully saturated rings. The van der Waals surface area contributed by atoms with Crippen molar-refractivity contribution in [2.45, 2.75) is 43.6 Å². The molecule has 1 heterocycles. The fraction of sp³-hybridized carbons (Fsp3) is 0.412. The van der Waals surface area contributed by atoms with E-state index in [-0.39, 0.29) is 12.3 Å². The number of halogens is 1. The number of methoxy groups -OCH3 is 1. The molecular formula is C17H22ClN5O3S. The number of aryl methyl sites for hydroxylation is 1. The second-order valence-electron chi connectivity index (χ2n) is 5.70. The Hall–Kier alpha value is -2.26. The standard InChI is InChI=1S/C17H22ClN5O3S/c1-4-23-15(8-7-14(19)24)21-22-17(23)27-10(2)16(25)20-12-9-11(18)5-6-13(12)26-3/h5-6,9-10H,4,7-8H2,1-3H3,(H2,19,24)(H,20,25)/t10-/m1/s1. The molecule has 0 bridgehead atoms. The van der Waals surface area contributed by atoms with Crippen molar-refractivity contribution in [1.29, 1.82) is 0 Å². The van der Waals surface area contributed by atoms with Crippen LogP contribution >= 0.6 is 23.4 Å². The number of thioether (sulfide) groups is 1. The van der Waals surface area contributed by atoms with E-state index in [4.69, 9.17) is 22.1 Å². The topological polar surface area (TPSA) is 112 Å². The van der Waals surface area contributed by atoms with Crippen LogP contribution in [-0.4, -0.2) is 38.9 Å². The molecule has 146 valence electrons. The number of hydrogen-bond acceptors (Lipinski definition) is 6. The Balaban J connectivity index is 2.08. The summed E-state index contributed by atoms with van der Waals surface area (Å²) in [5.41, 5.74) is 5.69. The fourth-order valence-electron chi connectivity index (χ4n) is 2.37. The second-order valence-corrected chi connectivity index (χ2v) is 7.45. The summed E-state index contributed by atoms with van der Waals surface area (Å²) in [7, 11) is 1.52. The predicted octanol–water partition coefficient (Wildman–Crippen LogP) is 2.50. The lowest BCUT2D eigenvalue weighted by Gasteiger charge is -2.14. The highest BCUT2D eigenvalue weighted by molar-refractivity contribution is 8.00. The van der Waals surface area contributed by atoms with Gasteiger partial charge in [-0.25, -0.2) is 0 Å². The molecular weight excluding hydrogens is 390 g/mol. The zero-order valence-corrected chi connectivity index (χ0v) is 16.9. The minimum atomic E-state index is -0.438. The number of aromatic nitrogens is 3. The van der Waals surface area contributed by atoms with Crippen molar-refractivity contribution in [3.63, 3.8) is 0 Å². The molecule has 2 amide bonds. The Morgan fingerprint density at radius 1 is 1.41 bits per heavy atom. The smallest absolute Gasteiger partial charge is 0.237 e. The van der Waals surface area contributed by atoms with Gasteiger partial charge in [0.25, 0.3) is 0 Å². The molecule has 0 aliphatic carbocycles. The van der Waals surface area contributed by atoms with Crippen LogP contribution in [0, 0.1) is 0 Å². The molecule has 27 heavy (non-hydrogen) atoms. The Kier molecular flexibility index (Phi) is 7.49. The van der Waals surface area contributed by atoms with Crippen LogP contribution < -0.4 is 15.8 Å². The molecule has 1 aromatic heterocycles. The summed E-state index contributed by atoms with van der Waals surface area (Å²) in [5, 5.41) is 11.7. The molecule has 0 radical (unpaired) electrons. The lowest BCUT2D eigenvalue weighted by atomic mass is 10.3. The highest BCUT2D eigenvalue weighted by Crippen LogP contribution is 2.29. The number of nitrogens with one attached hydrogen (secondary N) is 1. The van der Waals surface area contributed by atoms with E-state index in [9.17, 15) is 9.59 Å². The van der Waals surface area contributed by atoms with Crippen LogP contribution in [0.25, 0.3) is 0 Å². The molecule has 0 spiro atoms. The summed E-state index contributed by atoms with van der Waals surface area (Å²) in [4.78, 5) is 23.6. The van der Waals surface area contributed by atoms with Gasteiger partial charge in [-0.2, -0.15) is 0 Å². The predicted molar refractivity (Wildman–Crippen MR) is 105 cm³/mol. The van der Waals surface area contributed by atoms with Gasteiger partial charge >= 0.3 is 0 Å². The molecule has 1 aromatic carbocycles. The molecule has 0 saturated carbocycles. The van der Waals surface area contributed by atoms with Crippen LogP contribution in [0.4, 0.5) is 5.69 Å². The number of ether oxygens (including phenoxy) is 1. The van der Waals surface area contributed by atoms with Gasteiger partial charge in [-0.05, 0) is 32.0 Å². The number of amides is 2. The summed E-state index contributed by atoms with van der Waals surface area (Å²) >= 11 is 7.28. The summed E-state index contributed by atoms with van der Waals surface area (Å²) < 4.78 is 7.11. The molecule has 0 aliphatic rings. The summed E-state index contributed by atoms with van der Waals surface area (Å²) in [5.74, 6) is 0.585. The van der Waals surface area contributed by atoms with Gasteiger partial charge in [0.1, 0.15) is 11.6 Å². The van der Waals surface area contributed by atoms with E-state index in [1.54, 1.807) is 25.1 Å². The van der Waals surface area contributed by atoms with Crippen molar-refractivity contribution in [2.75, 3.05) is 12.4 Å². The van der Waals surface area contributed by atoms with Gasteiger partial charge in [-0.15, -0.1) is 10.2 Å². The second kappa shape index (κ2) is 9.61. The van der Waals surface area contributed by atoms with Crippen molar-refractivity contribution in [1.82, 2.24) is 14.8 Å². The summed E-state index contributed by atoms with van der Waals surface area (Å²) in [6.45, 7) is 4.34. The minimum Gasteiger partial charge on any atom is -0.495 e. The van der Waals surface area contributed by atoms with E-state index in [1.165, 1.54) is 18.9 Å². The van der Waals surface area contributed by atoms with Gasteiger partial charge < -0.3 is 20.4 Å². The van der Waals surface area contributed by atoms with Crippen LogP contribution in [0.2, 0.25) is 5.02 Å². The number of anilines is 1. The monoisotopic (exact) mass is 411 g/mol.